The van der Waals surface area contributed by atoms with Crippen LogP contribution in [0.2, 0.25) is 0 Å². The Bertz CT molecular complexity index is 4060. The molecule has 0 saturated carbocycles. The topological polar surface area (TPSA) is 33.5 Å². The van der Waals surface area contributed by atoms with Crippen molar-refractivity contribution in [1.29, 1.82) is 0 Å². The van der Waals surface area contributed by atoms with E-state index in [2.05, 4.69) is 134 Å². The van der Waals surface area contributed by atoms with Crippen LogP contribution in [-0.4, -0.2) is 16.1 Å². The molecule has 74 heavy (non-hydrogen) atoms. The number of hydrogen-bond acceptors (Lipinski definition) is 4. The Balaban J connectivity index is 0.00000922. The molecule has 0 atom stereocenters. The van der Waals surface area contributed by atoms with Gasteiger partial charge in [0.25, 0.3) is 0 Å². The van der Waals surface area contributed by atoms with Crippen molar-refractivity contribution in [2.45, 2.75) is 118 Å². The van der Waals surface area contributed by atoms with E-state index in [1.54, 1.807) is 0 Å². The summed E-state index contributed by atoms with van der Waals surface area (Å²) in [6, 6.07) is 43.4. The van der Waals surface area contributed by atoms with Crippen LogP contribution in [0.1, 0.15) is 135 Å². The number of fused-ring (bicyclic) bond motifs is 4. The Hall–Kier alpha value is -6.42. The Labute approximate surface area is 475 Å². The van der Waals surface area contributed by atoms with E-state index >= 15 is 0 Å². The minimum absolute atomic E-state index is 0. The zero-order chi connectivity index (χ0) is 63.3. The van der Waals surface area contributed by atoms with Gasteiger partial charge in [-0.1, -0.05) is 172 Å². The van der Waals surface area contributed by atoms with Crippen molar-refractivity contribution in [2.24, 2.45) is 5.89 Å². The van der Waals surface area contributed by atoms with Crippen LogP contribution in [-0.2, 0) is 56.7 Å². The second-order valence-corrected chi connectivity index (χ2v) is 22.1. The summed E-state index contributed by atoms with van der Waals surface area (Å²) in [6.07, 6.45) is -1.46. The molecule has 3 heterocycles. The van der Waals surface area contributed by atoms with E-state index in [-0.39, 0.29) is 80.0 Å². The fourth-order valence-electron chi connectivity index (χ4n) is 9.67. The number of anilines is 3. The third-order valence-electron chi connectivity index (χ3n) is 13.7. The quantitative estimate of drug-likeness (QED) is 0.108. The second-order valence-electron chi connectivity index (χ2n) is 22.1. The van der Waals surface area contributed by atoms with Gasteiger partial charge >= 0.3 is 0 Å². The van der Waals surface area contributed by atoms with Gasteiger partial charge in [0.2, 0.25) is 0 Å². The SMILES string of the molecule is [2H]c1c([2H])c([2H])c(-c2cccc(C([2H])([2H])C([2H])(C([2H])([2H])[2H])C([2H])([2H])[2H])c2CCCN2[CH-]N(c3[c-]c(COc4[c-]c5c(cc4)c4ccccc4n5-c4cc(C(C)(C)C)ccn4)ccc3)c3cc(-c4cc(C(C)(C)C)cc(C(C)(C)C)c4)ccc32)c([2H])c1[2H].[Pt]. The van der Waals surface area contributed by atoms with E-state index in [1.807, 2.05) is 71.2 Å². The Kier molecular flexibility index (Phi) is 10.6. The number of pyridine rings is 1. The van der Waals surface area contributed by atoms with Crippen LogP contribution < -0.4 is 14.5 Å². The Morgan fingerprint density at radius 1 is 0.703 bits per heavy atom. The predicted octanol–water partition coefficient (Wildman–Crippen LogP) is 17.5. The molecule has 9 aromatic rings. The molecular weight excluding hydrogens is 1080 g/mol. The fraction of sp³-hybridized carbons (Fsp3) is 0.294. The summed E-state index contributed by atoms with van der Waals surface area (Å²) >= 11 is 0. The van der Waals surface area contributed by atoms with E-state index < -0.39 is 61.7 Å². The van der Waals surface area contributed by atoms with Crippen LogP contribution in [0, 0.1) is 24.7 Å². The summed E-state index contributed by atoms with van der Waals surface area (Å²) in [5.74, 6) is -2.38. The molecule has 0 saturated heterocycles. The van der Waals surface area contributed by atoms with Gasteiger partial charge in [-0.25, -0.2) is 4.98 Å². The number of aromatic nitrogens is 2. The maximum Gasteiger partial charge on any atom is 0.135 e. The molecule has 1 aliphatic heterocycles. The largest absolute Gasteiger partial charge is 0.517 e. The van der Waals surface area contributed by atoms with Crippen LogP contribution in [0.25, 0.3) is 49.9 Å². The number of ether oxygens (including phenoxy) is 1. The average molecular weight is 1170 g/mol. The van der Waals surface area contributed by atoms with Crippen molar-refractivity contribution in [3.8, 4) is 33.8 Å². The molecule has 382 valence electrons. The molecule has 0 aliphatic carbocycles. The van der Waals surface area contributed by atoms with Gasteiger partial charge in [0.15, 0.2) is 0 Å². The standard InChI is InChI=1S/C68H71N4O.Pt/c1-46(2)36-50-23-18-26-57(48-21-13-12-14-22-48)58(50)27-19-35-70-45-71(64-40-49(29-32-62(64)70)51-38-53(67(6,7)8)41-54(39-51)68(9,10)11)55-24-17-20-47(37-55)44-73-56-30-31-60-59-25-15-16-28-61(59)72(63(60)43-56)65-42-52(33-34-69-65)66(3,4)5;/h12-18,20-26,28-34,38-42,45-46H,19,27,35-36,44H2,1-11H3;/q-3;/i1D3,2D3,12D,13D,14D,21D,22D,36D2,46D;. The first-order valence-corrected chi connectivity index (χ1v) is 25.0. The van der Waals surface area contributed by atoms with Gasteiger partial charge in [-0.2, -0.15) is 37.0 Å². The first-order chi connectivity index (χ1) is 40.5. The van der Waals surface area contributed by atoms with Crippen molar-refractivity contribution in [3.63, 3.8) is 0 Å². The third-order valence-corrected chi connectivity index (χ3v) is 13.7. The number of nitrogens with zero attached hydrogens (tertiary/aromatic N) is 4. The normalized spacial score (nSPS) is 16.4. The molecule has 0 N–H and O–H groups in total. The summed E-state index contributed by atoms with van der Waals surface area (Å²) in [5, 5.41) is 2.08. The minimum atomic E-state index is -3.69. The van der Waals surface area contributed by atoms with Crippen molar-refractivity contribution in [2.75, 3.05) is 16.3 Å². The Morgan fingerprint density at radius 3 is 2.19 bits per heavy atom. The van der Waals surface area contributed by atoms with Gasteiger partial charge in [-0.05, 0) is 134 Å². The van der Waals surface area contributed by atoms with Crippen molar-refractivity contribution in [1.82, 2.24) is 9.55 Å². The third kappa shape index (κ3) is 11.0. The number of para-hydroxylation sites is 1. The molecule has 0 spiro atoms. The molecule has 0 fully saturated rings. The molecule has 10 rings (SSSR count). The van der Waals surface area contributed by atoms with Gasteiger partial charge in [0.05, 0.1) is 13.5 Å². The average Bonchev–Trinajstić information content (AvgIpc) is 0.883. The van der Waals surface area contributed by atoms with Crippen LogP contribution in [0.3, 0.4) is 0 Å². The van der Waals surface area contributed by atoms with E-state index in [0.717, 1.165) is 61.3 Å². The Morgan fingerprint density at radius 2 is 1.45 bits per heavy atom. The molecule has 0 radical (unpaired) electrons. The molecule has 7 aromatic carbocycles. The van der Waals surface area contributed by atoms with E-state index in [1.165, 1.54) is 29.3 Å². The zero-order valence-corrected chi connectivity index (χ0v) is 45.8. The molecule has 0 bridgehead atoms. The minimum Gasteiger partial charge on any atom is -0.517 e. The molecule has 0 amide bonds. The molecule has 2 aromatic heterocycles. The zero-order valence-electron chi connectivity index (χ0n) is 57.5. The first kappa shape index (κ1) is 37.3. The van der Waals surface area contributed by atoms with Gasteiger partial charge in [0.1, 0.15) is 5.82 Å². The summed E-state index contributed by atoms with van der Waals surface area (Å²) in [5.41, 5.74) is 9.32. The second kappa shape index (κ2) is 21.1. The molecular formula is C68H71N4OPt-3. The van der Waals surface area contributed by atoms with Gasteiger partial charge in [-0.3, -0.25) is 0 Å². The molecule has 5 nitrogen and oxygen atoms in total. The maximum absolute atomic E-state index is 9.40. The van der Waals surface area contributed by atoms with Crippen molar-refractivity contribution >= 4 is 38.9 Å². The molecule has 6 heteroatoms. The van der Waals surface area contributed by atoms with Crippen LogP contribution >= 0.6 is 0 Å². The summed E-state index contributed by atoms with van der Waals surface area (Å²) in [4.78, 5) is 8.90. The van der Waals surface area contributed by atoms with Crippen molar-refractivity contribution in [3.05, 3.63) is 210 Å². The monoisotopic (exact) mass is 1170 g/mol. The number of benzene rings is 7. The molecule has 0 unspecified atom stereocenters. The fourth-order valence-corrected chi connectivity index (χ4v) is 9.67. The van der Waals surface area contributed by atoms with Crippen molar-refractivity contribution < 1.29 is 45.0 Å². The van der Waals surface area contributed by atoms with Gasteiger partial charge in [0, 0.05) is 62.2 Å². The predicted molar refractivity (Wildman–Crippen MR) is 308 cm³/mol. The summed E-state index contributed by atoms with van der Waals surface area (Å²) in [6.45, 7) is 14.7. The van der Waals surface area contributed by atoms with Crippen LogP contribution in [0.4, 0.5) is 17.1 Å². The number of rotatable bonds is 13. The van der Waals surface area contributed by atoms with Gasteiger partial charge < -0.3 is 19.1 Å². The van der Waals surface area contributed by atoms with E-state index in [9.17, 15) is 2.74 Å². The van der Waals surface area contributed by atoms with Gasteiger partial charge in [-0.15, -0.1) is 28.8 Å². The van der Waals surface area contributed by atoms with Crippen LogP contribution in [0.15, 0.2) is 158 Å². The maximum atomic E-state index is 9.40. The van der Waals surface area contributed by atoms with Crippen LogP contribution in [0.5, 0.6) is 5.75 Å². The summed E-state index contributed by atoms with van der Waals surface area (Å²) in [7, 11) is 0. The smallest absolute Gasteiger partial charge is 0.135 e. The number of hydrogen-bond donors (Lipinski definition) is 0. The van der Waals surface area contributed by atoms with E-state index in [0.29, 0.717) is 11.4 Å². The molecule has 1 aliphatic rings. The first-order valence-electron chi connectivity index (χ1n) is 32.0. The summed E-state index contributed by atoms with van der Waals surface area (Å²) < 4.78 is 130. The van der Waals surface area contributed by atoms with E-state index in [4.69, 9.17) is 26.2 Å².